The third-order valence-corrected chi connectivity index (χ3v) is 5.62. The Bertz CT molecular complexity index is 668. The summed E-state index contributed by atoms with van der Waals surface area (Å²) in [4.78, 5) is -0.482. The van der Waals surface area contributed by atoms with Gasteiger partial charge in [0, 0.05) is 23.7 Å². The standard InChI is InChI=1S/C14H18F2N2O2S/c1-14(6-7-14)18-21(19,20)12-5-4-11(15)10(13(12)16)8-17-9-2-3-9/h4-5,9,17-18H,2-3,6-8H2,1H3. The minimum atomic E-state index is -3.97. The molecule has 4 nitrogen and oxygen atoms in total. The first-order valence-corrected chi connectivity index (χ1v) is 8.53. The van der Waals surface area contributed by atoms with Crippen LogP contribution in [0.1, 0.15) is 38.2 Å². The summed E-state index contributed by atoms with van der Waals surface area (Å²) in [6, 6.07) is 2.28. The normalized spacial score (nSPS) is 20.5. The first kappa shape index (κ1) is 14.9. The Kier molecular flexibility index (Phi) is 3.54. The molecule has 2 N–H and O–H groups in total. The average Bonchev–Trinajstić information content (AvgIpc) is 3.27. The molecule has 2 saturated carbocycles. The smallest absolute Gasteiger partial charge is 0.243 e. The third kappa shape index (κ3) is 3.25. The minimum Gasteiger partial charge on any atom is -0.310 e. The average molecular weight is 316 g/mol. The van der Waals surface area contributed by atoms with Crippen molar-refractivity contribution in [2.24, 2.45) is 0 Å². The number of rotatable bonds is 6. The molecule has 0 aromatic heterocycles. The van der Waals surface area contributed by atoms with E-state index in [0.717, 1.165) is 37.8 Å². The van der Waals surface area contributed by atoms with Crippen molar-refractivity contribution in [3.8, 4) is 0 Å². The number of hydrogen-bond acceptors (Lipinski definition) is 3. The molecule has 0 radical (unpaired) electrons. The Labute approximate surface area is 123 Å². The van der Waals surface area contributed by atoms with Crippen molar-refractivity contribution in [2.75, 3.05) is 0 Å². The van der Waals surface area contributed by atoms with Gasteiger partial charge in [0.15, 0.2) is 5.82 Å². The van der Waals surface area contributed by atoms with E-state index in [1.54, 1.807) is 6.92 Å². The summed E-state index contributed by atoms with van der Waals surface area (Å²) in [5, 5.41) is 3.00. The zero-order valence-corrected chi connectivity index (χ0v) is 12.6. The van der Waals surface area contributed by atoms with Gasteiger partial charge in [-0.1, -0.05) is 0 Å². The lowest BCUT2D eigenvalue weighted by Gasteiger charge is -2.15. The summed E-state index contributed by atoms with van der Waals surface area (Å²) in [6.45, 7) is 1.77. The van der Waals surface area contributed by atoms with E-state index < -0.39 is 32.1 Å². The van der Waals surface area contributed by atoms with Crippen LogP contribution in [0.25, 0.3) is 0 Å². The highest BCUT2D eigenvalue weighted by atomic mass is 32.2. The van der Waals surface area contributed by atoms with Crippen LogP contribution in [0.15, 0.2) is 17.0 Å². The quantitative estimate of drug-likeness (QED) is 0.844. The molecule has 7 heteroatoms. The van der Waals surface area contributed by atoms with Gasteiger partial charge in [-0.25, -0.2) is 21.9 Å². The van der Waals surface area contributed by atoms with Crippen LogP contribution in [0, 0.1) is 11.6 Å². The Morgan fingerprint density at radius 2 is 1.95 bits per heavy atom. The lowest BCUT2D eigenvalue weighted by Crippen LogP contribution is -2.35. The molecule has 116 valence electrons. The minimum absolute atomic E-state index is 0.00294. The van der Waals surface area contributed by atoms with E-state index in [1.165, 1.54) is 0 Å². The van der Waals surface area contributed by atoms with Gasteiger partial charge in [0.25, 0.3) is 0 Å². The third-order valence-electron chi connectivity index (χ3n) is 3.97. The Morgan fingerprint density at radius 1 is 1.29 bits per heavy atom. The van der Waals surface area contributed by atoms with Crippen molar-refractivity contribution in [1.82, 2.24) is 10.0 Å². The molecule has 21 heavy (non-hydrogen) atoms. The van der Waals surface area contributed by atoms with Crippen LogP contribution in [0.2, 0.25) is 0 Å². The van der Waals surface area contributed by atoms with Crippen LogP contribution in [-0.4, -0.2) is 20.0 Å². The molecular formula is C14H18F2N2O2S. The highest BCUT2D eigenvalue weighted by molar-refractivity contribution is 7.89. The molecule has 0 saturated heterocycles. The zero-order valence-electron chi connectivity index (χ0n) is 11.7. The van der Waals surface area contributed by atoms with Gasteiger partial charge in [-0.05, 0) is 44.7 Å². The SMILES string of the molecule is CC1(NS(=O)(=O)c2ccc(F)c(CNC3CC3)c2F)CC1. The van der Waals surface area contributed by atoms with Gasteiger partial charge in [0.2, 0.25) is 10.0 Å². The van der Waals surface area contributed by atoms with Crippen LogP contribution >= 0.6 is 0 Å². The van der Waals surface area contributed by atoms with Crippen LogP contribution in [-0.2, 0) is 16.6 Å². The fourth-order valence-electron chi connectivity index (χ4n) is 2.15. The number of halogens is 2. The maximum absolute atomic E-state index is 14.4. The summed E-state index contributed by atoms with van der Waals surface area (Å²) >= 11 is 0. The van der Waals surface area contributed by atoms with Crippen molar-refractivity contribution in [3.63, 3.8) is 0 Å². The molecule has 0 heterocycles. The lowest BCUT2D eigenvalue weighted by molar-refractivity contribution is 0.507. The summed E-state index contributed by atoms with van der Waals surface area (Å²) in [7, 11) is -3.97. The first-order valence-electron chi connectivity index (χ1n) is 7.05. The van der Waals surface area contributed by atoms with Crippen molar-refractivity contribution in [1.29, 1.82) is 0 Å². The summed E-state index contributed by atoms with van der Waals surface area (Å²) in [5.41, 5.74) is -0.711. The number of nitrogens with one attached hydrogen (secondary N) is 2. The maximum atomic E-state index is 14.4. The van der Waals surface area contributed by atoms with Crippen molar-refractivity contribution >= 4 is 10.0 Å². The zero-order chi connectivity index (χ0) is 15.3. The van der Waals surface area contributed by atoms with Crippen LogP contribution in [0.5, 0.6) is 0 Å². The molecule has 0 unspecified atom stereocenters. The second kappa shape index (κ2) is 5.00. The molecule has 1 aromatic rings. The molecule has 2 aliphatic carbocycles. The van der Waals surface area contributed by atoms with Gasteiger partial charge in [-0.15, -0.1) is 0 Å². The lowest BCUT2D eigenvalue weighted by atomic mass is 10.2. The van der Waals surface area contributed by atoms with Crippen LogP contribution in [0.3, 0.4) is 0 Å². The van der Waals surface area contributed by atoms with E-state index >= 15 is 0 Å². The van der Waals surface area contributed by atoms with Crippen molar-refractivity contribution in [3.05, 3.63) is 29.3 Å². The molecule has 3 rings (SSSR count). The first-order chi connectivity index (χ1) is 9.81. The molecule has 0 bridgehead atoms. The molecule has 0 amide bonds. The molecular weight excluding hydrogens is 298 g/mol. The second-order valence-corrected chi connectivity index (χ2v) is 7.81. The van der Waals surface area contributed by atoms with E-state index in [4.69, 9.17) is 0 Å². The molecule has 2 fully saturated rings. The van der Waals surface area contributed by atoms with Crippen molar-refractivity contribution < 1.29 is 17.2 Å². The number of sulfonamides is 1. The summed E-state index contributed by atoms with van der Waals surface area (Å²) < 4.78 is 55.1. The predicted molar refractivity (Wildman–Crippen MR) is 74.2 cm³/mol. The fourth-order valence-corrected chi connectivity index (χ4v) is 3.72. The maximum Gasteiger partial charge on any atom is 0.243 e. The molecule has 0 spiro atoms. The summed E-state index contributed by atoms with van der Waals surface area (Å²) in [6.07, 6.45) is 3.43. The molecule has 1 aromatic carbocycles. The van der Waals surface area contributed by atoms with E-state index in [0.29, 0.717) is 0 Å². The molecule has 0 aliphatic heterocycles. The van der Waals surface area contributed by atoms with Crippen LogP contribution < -0.4 is 10.0 Å². The topological polar surface area (TPSA) is 58.2 Å². The Hall–Kier alpha value is -1.05. The van der Waals surface area contributed by atoms with E-state index in [-0.39, 0.29) is 18.2 Å². The van der Waals surface area contributed by atoms with Gasteiger partial charge in [-0.2, -0.15) is 0 Å². The van der Waals surface area contributed by atoms with Gasteiger partial charge < -0.3 is 5.32 Å². The largest absolute Gasteiger partial charge is 0.310 e. The van der Waals surface area contributed by atoms with Crippen LogP contribution in [0.4, 0.5) is 8.78 Å². The molecule has 0 atom stereocenters. The monoisotopic (exact) mass is 316 g/mol. The summed E-state index contributed by atoms with van der Waals surface area (Å²) in [5.74, 6) is -1.72. The number of hydrogen-bond donors (Lipinski definition) is 2. The van der Waals surface area contributed by atoms with Gasteiger partial charge >= 0.3 is 0 Å². The van der Waals surface area contributed by atoms with Crippen molar-refractivity contribution in [2.45, 2.75) is 55.6 Å². The molecule has 2 aliphatic rings. The Morgan fingerprint density at radius 3 is 2.52 bits per heavy atom. The fraction of sp³-hybridized carbons (Fsp3) is 0.571. The highest BCUT2D eigenvalue weighted by Gasteiger charge is 2.42. The van der Waals surface area contributed by atoms with Gasteiger partial charge in [-0.3, -0.25) is 0 Å². The van der Waals surface area contributed by atoms with E-state index in [9.17, 15) is 17.2 Å². The van der Waals surface area contributed by atoms with E-state index in [1.807, 2.05) is 0 Å². The van der Waals surface area contributed by atoms with E-state index in [2.05, 4.69) is 10.0 Å². The van der Waals surface area contributed by atoms with Gasteiger partial charge in [0.05, 0.1) is 0 Å². The highest BCUT2D eigenvalue weighted by Crippen LogP contribution is 2.36. The van der Waals surface area contributed by atoms with Gasteiger partial charge in [0.1, 0.15) is 10.7 Å². The second-order valence-electron chi connectivity index (χ2n) is 6.16. The predicted octanol–water partition coefficient (Wildman–Crippen LogP) is 2.05. The Balaban J connectivity index is 1.88. The number of benzene rings is 1.